The fraction of sp³-hybridized carbons (Fsp3) is 0.862. The molecule has 0 aromatic carbocycles. The summed E-state index contributed by atoms with van der Waals surface area (Å²) in [6, 6.07) is 0.420. The van der Waals surface area contributed by atoms with Gasteiger partial charge < -0.3 is 9.53 Å². The minimum atomic E-state index is -0.0180. The number of piperidine rings is 1. The highest BCUT2D eigenvalue weighted by atomic mass is 16.5. The van der Waals surface area contributed by atoms with Crippen molar-refractivity contribution in [3.05, 3.63) is 11.1 Å². The van der Waals surface area contributed by atoms with Crippen molar-refractivity contribution in [1.82, 2.24) is 4.90 Å². The highest BCUT2D eigenvalue weighted by Gasteiger charge is 2.58. The molecule has 182 valence electrons. The van der Waals surface area contributed by atoms with E-state index in [1.165, 1.54) is 32.1 Å². The molecule has 2 aliphatic heterocycles. The van der Waals surface area contributed by atoms with E-state index in [-0.39, 0.29) is 5.60 Å². The Hall–Kier alpha value is -1.00. The van der Waals surface area contributed by atoms with Gasteiger partial charge in [-0.15, -0.1) is 0 Å². The third-order valence-electron chi connectivity index (χ3n) is 11.4. The maximum absolute atomic E-state index is 12.2. The topological polar surface area (TPSA) is 46.6 Å². The second kappa shape index (κ2) is 8.01. The zero-order chi connectivity index (χ0) is 23.0. The third-order valence-corrected chi connectivity index (χ3v) is 11.4. The van der Waals surface area contributed by atoms with E-state index < -0.39 is 0 Å². The number of nitrogens with zero attached hydrogens (tertiary/aromatic N) is 1. The van der Waals surface area contributed by atoms with E-state index in [1.807, 2.05) is 0 Å². The van der Waals surface area contributed by atoms with Crippen molar-refractivity contribution in [3.63, 3.8) is 0 Å². The molecule has 4 nitrogen and oxygen atoms in total. The highest BCUT2D eigenvalue weighted by molar-refractivity contribution is 5.79. The van der Waals surface area contributed by atoms with E-state index in [0.717, 1.165) is 69.1 Å². The first-order valence-corrected chi connectivity index (χ1v) is 13.9. The molecule has 9 atom stereocenters. The summed E-state index contributed by atoms with van der Waals surface area (Å²) in [4.78, 5) is 25.9. The fourth-order valence-corrected chi connectivity index (χ4v) is 9.84. The number of allylic oxidation sites excluding steroid dienone is 1. The van der Waals surface area contributed by atoms with Crippen molar-refractivity contribution in [1.29, 1.82) is 0 Å². The molecule has 0 bridgehead atoms. The van der Waals surface area contributed by atoms with Gasteiger partial charge in [0.1, 0.15) is 12.1 Å². The normalized spacial score (nSPS) is 49.9. The van der Waals surface area contributed by atoms with Crippen LogP contribution in [0.5, 0.6) is 0 Å². The van der Waals surface area contributed by atoms with Crippen LogP contribution in [0, 0.1) is 35.0 Å². The van der Waals surface area contributed by atoms with Crippen molar-refractivity contribution < 1.29 is 14.3 Å². The first kappa shape index (κ1) is 22.5. The second-order valence-corrected chi connectivity index (χ2v) is 13.2. The van der Waals surface area contributed by atoms with Crippen LogP contribution < -0.4 is 0 Å². The molecule has 2 saturated heterocycles. The van der Waals surface area contributed by atoms with Crippen LogP contribution in [-0.4, -0.2) is 47.8 Å². The van der Waals surface area contributed by atoms with Crippen molar-refractivity contribution in [2.75, 3.05) is 13.1 Å². The summed E-state index contributed by atoms with van der Waals surface area (Å²) in [5.74, 6) is 4.07. The zero-order valence-corrected chi connectivity index (χ0v) is 21.0. The summed E-state index contributed by atoms with van der Waals surface area (Å²) < 4.78 is 6.98. The van der Waals surface area contributed by atoms with Crippen molar-refractivity contribution >= 4 is 12.1 Å². The molecule has 1 spiro atoms. The lowest BCUT2D eigenvalue weighted by Crippen LogP contribution is -2.49. The number of ether oxygens (including phenoxy) is 1. The molecule has 2 heterocycles. The molecule has 6 aliphatic rings. The summed E-state index contributed by atoms with van der Waals surface area (Å²) in [6.45, 7) is 8.85. The molecule has 0 aromatic rings. The largest absolute Gasteiger partial charge is 0.370 e. The van der Waals surface area contributed by atoms with Gasteiger partial charge in [-0.2, -0.15) is 0 Å². The third kappa shape index (κ3) is 3.53. The van der Waals surface area contributed by atoms with E-state index in [9.17, 15) is 9.59 Å². The van der Waals surface area contributed by atoms with Gasteiger partial charge >= 0.3 is 0 Å². The van der Waals surface area contributed by atoms with Gasteiger partial charge in [0.05, 0.1) is 18.2 Å². The summed E-state index contributed by atoms with van der Waals surface area (Å²) >= 11 is 0. The number of likely N-dealkylation sites (tertiary alicyclic amines) is 1. The number of aldehydes is 1. The van der Waals surface area contributed by atoms with Crippen molar-refractivity contribution in [3.8, 4) is 0 Å². The Labute approximate surface area is 199 Å². The van der Waals surface area contributed by atoms with Crippen LogP contribution in [0.1, 0.15) is 91.4 Å². The average molecular weight is 454 g/mol. The molecule has 3 saturated carbocycles. The van der Waals surface area contributed by atoms with E-state index in [0.29, 0.717) is 41.7 Å². The van der Waals surface area contributed by atoms with Crippen LogP contribution in [0.3, 0.4) is 0 Å². The summed E-state index contributed by atoms with van der Waals surface area (Å²) in [6.07, 6.45) is 13.8. The minimum absolute atomic E-state index is 0.0180. The maximum atomic E-state index is 12.2. The number of ketones is 1. The number of Topliss-reactive ketones (excluding diaryl/α,β-unsaturated/α-hetero) is 1. The monoisotopic (exact) mass is 453 g/mol. The van der Waals surface area contributed by atoms with Crippen molar-refractivity contribution in [2.45, 2.75) is 109 Å². The van der Waals surface area contributed by atoms with Crippen LogP contribution >= 0.6 is 0 Å². The summed E-state index contributed by atoms with van der Waals surface area (Å²) in [7, 11) is 0. The number of fused-ring (bicyclic) bond motifs is 6. The summed E-state index contributed by atoms with van der Waals surface area (Å²) in [5.41, 5.74) is 3.75. The molecular weight excluding hydrogens is 410 g/mol. The first-order chi connectivity index (χ1) is 15.8. The Morgan fingerprint density at radius 1 is 1.18 bits per heavy atom. The molecule has 0 amide bonds. The van der Waals surface area contributed by atoms with E-state index in [4.69, 9.17) is 4.74 Å². The van der Waals surface area contributed by atoms with Crippen LogP contribution in [0.15, 0.2) is 11.1 Å². The lowest BCUT2D eigenvalue weighted by atomic mass is 9.52. The van der Waals surface area contributed by atoms with Gasteiger partial charge in [0.2, 0.25) is 0 Å². The first-order valence-electron chi connectivity index (χ1n) is 13.9. The van der Waals surface area contributed by atoms with E-state index in [2.05, 4.69) is 25.7 Å². The minimum Gasteiger partial charge on any atom is -0.370 e. The predicted molar refractivity (Wildman–Crippen MR) is 129 cm³/mol. The van der Waals surface area contributed by atoms with Gasteiger partial charge in [0.15, 0.2) is 0 Å². The molecule has 4 heteroatoms. The predicted octanol–water partition coefficient (Wildman–Crippen LogP) is 5.35. The van der Waals surface area contributed by atoms with Crippen molar-refractivity contribution in [2.24, 2.45) is 35.0 Å². The molecule has 33 heavy (non-hydrogen) atoms. The van der Waals surface area contributed by atoms with Gasteiger partial charge in [-0.1, -0.05) is 25.0 Å². The molecule has 5 fully saturated rings. The number of hydrogen-bond donors (Lipinski definition) is 0. The quantitative estimate of drug-likeness (QED) is 0.418. The Morgan fingerprint density at radius 3 is 2.85 bits per heavy atom. The molecule has 4 aliphatic carbocycles. The molecule has 0 aromatic heterocycles. The lowest BCUT2D eigenvalue weighted by molar-refractivity contribution is -0.129. The van der Waals surface area contributed by atoms with E-state index in [1.54, 1.807) is 11.1 Å². The maximum Gasteiger partial charge on any atom is 0.133 e. The second-order valence-electron chi connectivity index (χ2n) is 13.2. The average Bonchev–Trinajstić information content (AvgIpc) is 3.28. The highest BCUT2D eigenvalue weighted by Crippen LogP contribution is 2.64. The fourth-order valence-electron chi connectivity index (χ4n) is 9.84. The number of hydrogen-bond acceptors (Lipinski definition) is 4. The van der Waals surface area contributed by atoms with Crippen LogP contribution in [0.2, 0.25) is 0 Å². The van der Waals surface area contributed by atoms with Crippen LogP contribution in [0.25, 0.3) is 0 Å². The Morgan fingerprint density at radius 2 is 2.03 bits per heavy atom. The van der Waals surface area contributed by atoms with Gasteiger partial charge in [-0.05, 0) is 99.7 Å². The SMILES string of the molecule is CC1=C2CC3C(CCC4CC(=O)CCC43C)C2CCC2(C1)CC1C(CC(C)CN1CC=O)O2. The van der Waals surface area contributed by atoms with Gasteiger partial charge in [0, 0.05) is 25.4 Å². The zero-order valence-electron chi connectivity index (χ0n) is 21.0. The lowest BCUT2D eigenvalue weighted by Gasteiger charge is -2.52. The van der Waals surface area contributed by atoms with Crippen LogP contribution in [0.4, 0.5) is 0 Å². The Kier molecular flexibility index (Phi) is 5.46. The number of carbonyl (C=O) groups is 2. The number of carbonyl (C=O) groups excluding carboxylic acids is 2. The smallest absolute Gasteiger partial charge is 0.133 e. The molecule has 0 N–H and O–H groups in total. The molecular formula is C29H43NO3. The summed E-state index contributed by atoms with van der Waals surface area (Å²) in [5, 5.41) is 0. The van der Waals surface area contributed by atoms with Gasteiger partial charge in [-0.25, -0.2) is 0 Å². The molecule has 9 unspecified atom stereocenters. The van der Waals surface area contributed by atoms with E-state index >= 15 is 0 Å². The number of rotatable bonds is 2. The Bertz CT molecular complexity index is 865. The standard InChI is InChI=1S/C29H43NO3/c1-18-12-27-26(30(17-18)10-11-31)16-29(33-27)9-7-22-23-5-4-20-13-21(32)6-8-28(20,3)25(23)14-24(22)19(2)15-29/h11,18,20,22-23,25-27H,4-10,12-17H2,1-3H3. The van der Waals surface area contributed by atoms with Gasteiger partial charge in [-0.3, -0.25) is 9.69 Å². The molecule has 0 radical (unpaired) electrons. The van der Waals surface area contributed by atoms with Gasteiger partial charge in [0.25, 0.3) is 0 Å². The van der Waals surface area contributed by atoms with Crippen LogP contribution in [-0.2, 0) is 14.3 Å². The Balaban J connectivity index is 1.25. The molecule has 6 rings (SSSR count).